The van der Waals surface area contributed by atoms with Crippen LogP contribution in [0.15, 0.2) is 84.9 Å². The average Bonchev–Trinajstić information content (AvgIpc) is 3.69. The van der Waals surface area contributed by atoms with Gasteiger partial charge in [-0.25, -0.2) is 0 Å². The maximum atomic E-state index is 13.9. The molecule has 2 N–H and O–H groups in total. The zero-order valence-electron chi connectivity index (χ0n) is 23.1. The molecule has 2 saturated heterocycles. The predicted octanol–water partition coefficient (Wildman–Crippen LogP) is 5.10. The number of piperazine rings is 1. The molecule has 0 spiro atoms. The van der Waals surface area contributed by atoms with Gasteiger partial charge >= 0.3 is 0 Å². The third-order valence-electron chi connectivity index (χ3n) is 8.16. The molecule has 4 aromatic rings. The lowest BCUT2D eigenvalue weighted by Gasteiger charge is -2.39. The van der Waals surface area contributed by atoms with E-state index < -0.39 is 11.5 Å². The first-order valence-electron chi connectivity index (χ1n) is 13.8. The minimum absolute atomic E-state index is 0.00290. The van der Waals surface area contributed by atoms with Crippen LogP contribution in [0.25, 0.3) is 22.0 Å². The molecule has 0 aliphatic carbocycles. The maximum absolute atomic E-state index is 13.9. The lowest BCUT2D eigenvalue weighted by Crippen LogP contribution is -2.59. The van der Waals surface area contributed by atoms with E-state index in [1.807, 2.05) is 116 Å². The standard InChI is InChI=1S/C33H34N4O3/c1-33(2,3)29(35-30(38)28-17-23-12-7-8-15-27(23)34-28)32(40)37-20-25-18-26(37)19-36(25)31(39)24-14-9-13-22(16-24)21-10-5-4-6-11-21/h4-17,25-26,29,34H,18-20H2,1-3H3,(H,35,38)/t25-,26-,29+/m0/s1. The van der Waals surface area contributed by atoms with Gasteiger partial charge in [-0.1, -0.05) is 81.4 Å². The summed E-state index contributed by atoms with van der Waals surface area (Å²) in [7, 11) is 0. The van der Waals surface area contributed by atoms with Crippen LogP contribution in [0.3, 0.4) is 0 Å². The van der Waals surface area contributed by atoms with E-state index in [1.54, 1.807) is 0 Å². The van der Waals surface area contributed by atoms with Crippen LogP contribution in [0.4, 0.5) is 0 Å². The number of aromatic nitrogens is 1. The van der Waals surface area contributed by atoms with Crippen molar-refractivity contribution in [1.82, 2.24) is 20.1 Å². The van der Waals surface area contributed by atoms with E-state index in [9.17, 15) is 14.4 Å². The molecule has 6 rings (SSSR count). The Morgan fingerprint density at radius 1 is 0.825 bits per heavy atom. The van der Waals surface area contributed by atoms with Crippen molar-refractivity contribution in [3.63, 3.8) is 0 Å². The Hall–Kier alpha value is -4.39. The SMILES string of the molecule is CC(C)(C)[C@H](NC(=O)c1cc2ccccc2[nH]1)C(=O)N1C[C@@H]2C[C@H]1CN2C(=O)c1cccc(-c2ccccc2)c1. The van der Waals surface area contributed by atoms with E-state index in [2.05, 4.69) is 10.3 Å². The summed E-state index contributed by atoms with van der Waals surface area (Å²) in [4.78, 5) is 47.5. The van der Waals surface area contributed by atoms with Crippen LogP contribution in [0.2, 0.25) is 0 Å². The molecule has 7 heteroatoms. The van der Waals surface area contributed by atoms with Crippen molar-refractivity contribution in [3.05, 3.63) is 96.2 Å². The Bertz CT molecular complexity index is 1550. The zero-order valence-corrected chi connectivity index (χ0v) is 23.1. The van der Waals surface area contributed by atoms with Crippen LogP contribution in [0.5, 0.6) is 0 Å². The van der Waals surface area contributed by atoms with Gasteiger partial charge in [0.05, 0.1) is 12.1 Å². The van der Waals surface area contributed by atoms with E-state index in [-0.39, 0.29) is 29.8 Å². The number of nitrogens with one attached hydrogen (secondary N) is 2. The number of aromatic amines is 1. The molecule has 0 radical (unpaired) electrons. The highest BCUT2D eigenvalue weighted by Gasteiger charge is 2.49. The fourth-order valence-electron chi connectivity index (χ4n) is 6.03. The number of para-hydroxylation sites is 1. The molecule has 3 heterocycles. The van der Waals surface area contributed by atoms with Gasteiger partial charge in [0, 0.05) is 29.6 Å². The number of H-pyrrole nitrogens is 1. The highest BCUT2D eigenvalue weighted by molar-refractivity contribution is 6.00. The molecule has 40 heavy (non-hydrogen) atoms. The van der Waals surface area contributed by atoms with Crippen molar-refractivity contribution in [1.29, 1.82) is 0 Å². The van der Waals surface area contributed by atoms with Gasteiger partial charge in [-0.15, -0.1) is 0 Å². The van der Waals surface area contributed by atoms with Gasteiger partial charge in [-0.2, -0.15) is 0 Å². The number of benzene rings is 3. The minimum atomic E-state index is -0.697. The van der Waals surface area contributed by atoms with E-state index >= 15 is 0 Å². The van der Waals surface area contributed by atoms with E-state index in [4.69, 9.17) is 0 Å². The number of rotatable bonds is 5. The predicted molar refractivity (Wildman–Crippen MR) is 156 cm³/mol. The third-order valence-corrected chi connectivity index (χ3v) is 8.16. The topological polar surface area (TPSA) is 85.5 Å². The van der Waals surface area contributed by atoms with Crippen molar-refractivity contribution in [2.24, 2.45) is 5.41 Å². The summed E-state index contributed by atoms with van der Waals surface area (Å²) in [6.45, 7) is 6.86. The first-order chi connectivity index (χ1) is 19.2. The van der Waals surface area contributed by atoms with Gasteiger partial charge in [0.25, 0.3) is 11.8 Å². The van der Waals surface area contributed by atoms with Crippen LogP contribution < -0.4 is 5.32 Å². The molecular formula is C33H34N4O3. The van der Waals surface area contributed by atoms with Crippen LogP contribution in [0.1, 0.15) is 48.0 Å². The number of nitrogens with zero attached hydrogens (tertiary/aromatic N) is 2. The van der Waals surface area contributed by atoms with Crippen LogP contribution in [0, 0.1) is 5.41 Å². The molecule has 204 valence electrons. The quantitative estimate of drug-likeness (QED) is 0.373. The third kappa shape index (κ3) is 4.76. The summed E-state index contributed by atoms with van der Waals surface area (Å²) < 4.78 is 0. The van der Waals surface area contributed by atoms with Crippen LogP contribution in [-0.2, 0) is 4.79 Å². The van der Waals surface area contributed by atoms with Gasteiger partial charge in [-0.3, -0.25) is 14.4 Å². The number of hydrogen-bond donors (Lipinski definition) is 2. The number of hydrogen-bond acceptors (Lipinski definition) is 3. The molecule has 0 unspecified atom stereocenters. The fraction of sp³-hybridized carbons (Fsp3) is 0.303. The van der Waals surface area contributed by atoms with Crippen molar-refractivity contribution < 1.29 is 14.4 Å². The Kier molecular flexibility index (Phi) is 6.45. The van der Waals surface area contributed by atoms with Crippen LogP contribution >= 0.6 is 0 Å². The smallest absolute Gasteiger partial charge is 0.268 e. The first-order valence-corrected chi connectivity index (χ1v) is 13.8. The molecular weight excluding hydrogens is 500 g/mol. The molecule has 3 amide bonds. The molecule has 1 aromatic heterocycles. The first kappa shape index (κ1) is 25.9. The summed E-state index contributed by atoms with van der Waals surface area (Å²) in [5.74, 6) is -0.400. The monoisotopic (exact) mass is 534 g/mol. The zero-order chi connectivity index (χ0) is 28.0. The van der Waals surface area contributed by atoms with Gasteiger partial charge in [0.15, 0.2) is 0 Å². The van der Waals surface area contributed by atoms with Gasteiger partial charge < -0.3 is 20.1 Å². The Morgan fingerprint density at radius 3 is 2.20 bits per heavy atom. The highest BCUT2D eigenvalue weighted by Crippen LogP contribution is 2.34. The normalized spacial score (nSPS) is 19.2. The van der Waals surface area contributed by atoms with Crippen molar-refractivity contribution in [2.45, 2.75) is 45.3 Å². The highest BCUT2D eigenvalue weighted by atomic mass is 16.2. The van der Waals surface area contributed by atoms with E-state index in [1.165, 1.54) is 0 Å². The van der Waals surface area contributed by atoms with Crippen LogP contribution in [-0.4, -0.2) is 63.7 Å². The maximum Gasteiger partial charge on any atom is 0.268 e. The number of fused-ring (bicyclic) bond motifs is 3. The average molecular weight is 535 g/mol. The number of carbonyl (C=O) groups is 3. The number of carbonyl (C=O) groups excluding carboxylic acids is 3. The summed E-state index contributed by atoms with van der Waals surface area (Å²) in [6, 6.07) is 26.5. The largest absolute Gasteiger partial charge is 0.351 e. The lowest BCUT2D eigenvalue weighted by molar-refractivity contribution is -0.138. The molecule has 3 aromatic carbocycles. The van der Waals surface area contributed by atoms with E-state index in [0.717, 1.165) is 28.5 Å². The second-order valence-electron chi connectivity index (χ2n) is 12.0. The molecule has 2 fully saturated rings. The Morgan fingerprint density at radius 2 is 1.50 bits per heavy atom. The number of likely N-dealkylation sites (tertiary alicyclic amines) is 2. The molecule has 0 saturated carbocycles. The van der Waals surface area contributed by atoms with Gasteiger partial charge in [0.2, 0.25) is 5.91 Å². The second-order valence-corrected chi connectivity index (χ2v) is 12.0. The number of amides is 3. The lowest BCUT2D eigenvalue weighted by atomic mass is 9.85. The summed E-state index contributed by atoms with van der Waals surface area (Å²) in [5, 5.41) is 3.96. The summed E-state index contributed by atoms with van der Waals surface area (Å²) >= 11 is 0. The molecule has 3 atom stereocenters. The molecule has 2 aliphatic rings. The van der Waals surface area contributed by atoms with Gasteiger partial charge in [0.1, 0.15) is 11.7 Å². The summed E-state index contributed by atoms with van der Waals surface area (Å²) in [5.41, 5.74) is 3.55. The minimum Gasteiger partial charge on any atom is -0.351 e. The summed E-state index contributed by atoms with van der Waals surface area (Å²) in [6.07, 6.45) is 0.753. The molecule has 2 bridgehead atoms. The Labute approximate surface area is 234 Å². The second kappa shape index (κ2) is 9.97. The molecule has 2 aliphatic heterocycles. The molecule has 7 nitrogen and oxygen atoms in total. The fourth-order valence-corrected chi connectivity index (χ4v) is 6.03. The van der Waals surface area contributed by atoms with Crippen molar-refractivity contribution in [3.8, 4) is 11.1 Å². The van der Waals surface area contributed by atoms with Gasteiger partial charge in [-0.05, 0) is 47.2 Å². The van der Waals surface area contributed by atoms with Crippen molar-refractivity contribution in [2.75, 3.05) is 13.1 Å². The van der Waals surface area contributed by atoms with E-state index in [0.29, 0.717) is 24.3 Å². The Balaban J connectivity index is 1.15. The van der Waals surface area contributed by atoms with Crippen molar-refractivity contribution >= 4 is 28.6 Å².